The summed E-state index contributed by atoms with van der Waals surface area (Å²) in [7, 11) is 3.54. The Bertz CT molecular complexity index is 853. The van der Waals surface area contributed by atoms with E-state index in [0.717, 1.165) is 51.0 Å². The minimum atomic E-state index is -0.374. The smallest absolute Gasteiger partial charge is 0.274 e. The molecule has 4 heterocycles. The summed E-state index contributed by atoms with van der Waals surface area (Å²) in [6.45, 7) is 5.21. The number of hydrogen-bond acceptors (Lipinski definition) is 7. The summed E-state index contributed by atoms with van der Waals surface area (Å²) in [5.41, 5.74) is 1.06. The van der Waals surface area contributed by atoms with Gasteiger partial charge in [-0.05, 0) is 45.1 Å². The van der Waals surface area contributed by atoms with E-state index in [0.29, 0.717) is 37.1 Å². The zero-order chi connectivity index (χ0) is 21.1. The molecule has 0 bridgehead atoms. The second-order valence-corrected chi connectivity index (χ2v) is 8.49. The van der Waals surface area contributed by atoms with Gasteiger partial charge in [0.25, 0.3) is 5.91 Å². The summed E-state index contributed by atoms with van der Waals surface area (Å²) in [5, 5.41) is 8.76. The first-order valence-corrected chi connectivity index (χ1v) is 10.7. The van der Waals surface area contributed by atoms with Gasteiger partial charge in [0.05, 0.1) is 5.41 Å². The van der Waals surface area contributed by atoms with Crippen molar-refractivity contribution in [2.24, 2.45) is 7.05 Å². The lowest BCUT2D eigenvalue weighted by Crippen LogP contribution is -2.49. The van der Waals surface area contributed by atoms with Crippen molar-refractivity contribution in [2.75, 3.05) is 40.0 Å². The number of hydrogen-bond donors (Lipinski definition) is 0. The number of piperidine rings is 1. The lowest BCUT2D eigenvalue weighted by Gasteiger charge is -2.40. The number of likely N-dealkylation sites (tertiary alicyclic amines) is 1. The number of aromatic nitrogens is 4. The average Bonchev–Trinajstić information content (AvgIpc) is 3.40. The number of carbonyl (C=O) groups is 1. The Labute approximate surface area is 176 Å². The van der Waals surface area contributed by atoms with E-state index >= 15 is 0 Å². The van der Waals surface area contributed by atoms with Crippen LogP contribution in [-0.2, 0) is 21.9 Å². The zero-order valence-electron chi connectivity index (χ0n) is 18.1. The summed E-state index contributed by atoms with van der Waals surface area (Å²) in [6.07, 6.45) is 4.31. The fourth-order valence-corrected chi connectivity index (χ4v) is 4.49. The summed E-state index contributed by atoms with van der Waals surface area (Å²) >= 11 is 0. The molecule has 9 heteroatoms. The standard InChI is InChI=1S/C21H31N5O4/c1-15-13-17(23-25(15)2)19(27)26-9-4-7-21(14-26,8-12-28-3)20-22-18(30-24-20)16-5-10-29-11-6-16/h13,16H,4-12,14H2,1-3H3. The van der Waals surface area contributed by atoms with Crippen LogP contribution in [0.25, 0.3) is 0 Å². The second kappa shape index (κ2) is 8.85. The van der Waals surface area contributed by atoms with Gasteiger partial charge in [-0.25, -0.2) is 0 Å². The van der Waals surface area contributed by atoms with E-state index in [1.165, 1.54) is 0 Å². The van der Waals surface area contributed by atoms with Crippen LogP contribution in [0.15, 0.2) is 10.6 Å². The number of nitrogens with zero attached hydrogens (tertiary/aromatic N) is 5. The first kappa shape index (κ1) is 21.0. The van der Waals surface area contributed by atoms with E-state index in [-0.39, 0.29) is 17.2 Å². The van der Waals surface area contributed by atoms with Gasteiger partial charge in [0.2, 0.25) is 5.89 Å². The van der Waals surface area contributed by atoms with Gasteiger partial charge in [-0.15, -0.1) is 0 Å². The summed E-state index contributed by atoms with van der Waals surface area (Å²) in [6, 6.07) is 1.84. The molecule has 30 heavy (non-hydrogen) atoms. The van der Waals surface area contributed by atoms with Gasteiger partial charge < -0.3 is 18.9 Å². The van der Waals surface area contributed by atoms with E-state index in [9.17, 15) is 4.79 Å². The number of carbonyl (C=O) groups excluding carboxylic acids is 1. The molecule has 0 saturated carbocycles. The fraction of sp³-hybridized carbons (Fsp3) is 0.714. The van der Waals surface area contributed by atoms with Gasteiger partial charge in [0.15, 0.2) is 11.5 Å². The summed E-state index contributed by atoms with van der Waals surface area (Å²) in [5.74, 6) is 1.58. The fourth-order valence-electron chi connectivity index (χ4n) is 4.49. The number of aryl methyl sites for hydroxylation is 2. The van der Waals surface area contributed by atoms with Crippen molar-refractivity contribution in [3.63, 3.8) is 0 Å². The number of ether oxygens (including phenoxy) is 2. The van der Waals surface area contributed by atoms with Crippen molar-refractivity contribution in [3.05, 3.63) is 29.2 Å². The Kier molecular flexibility index (Phi) is 6.19. The molecule has 164 valence electrons. The van der Waals surface area contributed by atoms with Crippen molar-refractivity contribution in [3.8, 4) is 0 Å². The molecule has 2 saturated heterocycles. The van der Waals surface area contributed by atoms with Gasteiger partial charge in [0, 0.05) is 58.7 Å². The van der Waals surface area contributed by atoms with Crippen LogP contribution < -0.4 is 0 Å². The maximum Gasteiger partial charge on any atom is 0.274 e. The van der Waals surface area contributed by atoms with Gasteiger partial charge in [-0.3, -0.25) is 9.48 Å². The van der Waals surface area contributed by atoms with Crippen LogP contribution in [0.3, 0.4) is 0 Å². The predicted octanol–water partition coefficient (Wildman–Crippen LogP) is 2.22. The van der Waals surface area contributed by atoms with Gasteiger partial charge in [-0.1, -0.05) is 5.16 Å². The molecule has 2 aliphatic rings. The monoisotopic (exact) mass is 417 g/mol. The van der Waals surface area contributed by atoms with E-state index in [1.54, 1.807) is 11.8 Å². The quantitative estimate of drug-likeness (QED) is 0.711. The van der Waals surface area contributed by atoms with Crippen LogP contribution in [0.1, 0.15) is 65.9 Å². The number of amides is 1. The topological polar surface area (TPSA) is 95.5 Å². The average molecular weight is 418 g/mol. The SMILES string of the molecule is COCCC1(c2noc(C3CCOCC3)n2)CCCN(C(=O)c2cc(C)n(C)n2)C1. The molecule has 1 amide bonds. The Balaban J connectivity index is 1.58. The maximum absolute atomic E-state index is 13.2. The van der Waals surface area contributed by atoms with Gasteiger partial charge >= 0.3 is 0 Å². The third-order valence-corrected chi connectivity index (χ3v) is 6.47. The highest BCUT2D eigenvalue weighted by molar-refractivity contribution is 5.92. The lowest BCUT2D eigenvalue weighted by atomic mass is 9.76. The summed E-state index contributed by atoms with van der Waals surface area (Å²) in [4.78, 5) is 19.9. The lowest BCUT2D eigenvalue weighted by molar-refractivity contribution is 0.0561. The molecule has 1 atom stereocenters. The largest absolute Gasteiger partial charge is 0.385 e. The van der Waals surface area contributed by atoms with E-state index in [1.807, 2.05) is 24.9 Å². The van der Waals surface area contributed by atoms with Gasteiger partial charge in [-0.2, -0.15) is 10.1 Å². The van der Waals surface area contributed by atoms with Crippen molar-refractivity contribution in [1.82, 2.24) is 24.8 Å². The molecule has 0 aliphatic carbocycles. The van der Waals surface area contributed by atoms with Crippen LogP contribution in [0.4, 0.5) is 0 Å². The molecule has 2 aromatic heterocycles. The highest BCUT2D eigenvalue weighted by Crippen LogP contribution is 2.37. The molecular formula is C21H31N5O4. The van der Waals surface area contributed by atoms with Crippen molar-refractivity contribution in [2.45, 2.75) is 50.4 Å². The second-order valence-electron chi connectivity index (χ2n) is 8.49. The summed E-state index contributed by atoms with van der Waals surface area (Å²) < 4.78 is 18.3. The van der Waals surface area contributed by atoms with E-state index in [4.69, 9.17) is 19.0 Å². The molecule has 0 spiro atoms. The van der Waals surface area contributed by atoms with Crippen LogP contribution in [0.2, 0.25) is 0 Å². The third kappa shape index (κ3) is 4.13. The highest BCUT2D eigenvalue weighted by atomic mass is 16.5. The van der Waals surface area contributed by atoms with Crippen molar-refractivity contribution >= 4 is 5.91 Å². The van der Waals surface area contributed by atoms with Crippen LogP contribution in [0, 0.1) is 6.92 Å². The molecule has 0 N–H and O–H groups in total. The molecule has 4 rings (SSSR count). The normalized spacial score (nSPS) is 23.1. The Morgan fingerprint density at radius 3 is 2.87 bits per heavy atom. The Morgan fingerprint density at radius 1 is 1.37 bits per heavy atom. The highest BCUT2D eigenvalue weighted by Gasteiger charge is 2.43. The van der Waals surface area contributed by atoms with Crippen LogP contribution in [0.5, 0.6) is 0 Å². The molecular weight excluding hydrogens is 386 g/mol. The van der Waals surface area contributed by atoms with E-state index in [2.05, 4.69) is 10.3 Å². The minimum Gasteiger partial charge on any atom is -0.385 e. The Morgan fingerprint density at radius 2 is 2.17 bits per heavy atom. The van der Waals surface area contributed by atoms with Gasteiger partial charge in [0.1, 0.15) is 0 Å². The zero-order valence-corrected chi connectivity index (χ0v) is 18.1. The first-order chi connectivity index (χ1) is 14.5. The molecule has 2 aromatic rings. The molecule has 2 fully saturated rings. The van der Waals surface area contributed by atoms with Crippen molar-refractivity contribution < 1.29 is 18.8 Å². The first-order valence-electron chi connectivity index (χ1n) is 10.7. The van der Waals surface area contributed by atoms with E-state index < -0.39 is 0 Å². The predicted molar refractivity (Wildman–Crippen MR) is 108 cm³/mol. The molecule has 0 radical (unpaired) electrons. The minimum absolute atomic E-state index is 0.0478. The molecule has 2 aliphatic heterocycles. The van der Waals surface area contributed by atoms with Crippen LogP contribution in [-0.4, -0.2) is 70.7 Å². The Hall–Kier alpha value is -2.26. The third-order valence-electron chi connectivity index (χ3n) is 6.47. The number of rotatable bonds is 6. The van der Waals surface area contributed by atoms with Crippen molar-refractivity contribution in [1.29, 1.82) is 0 Å². The molecule has 9 nitrogen and oxygen atoms in total. The molecule has 0 aromatic carbocycles. The maximum atomic E-state index is 13.2. The van der Waals surface area contributed by atoms with Crippen LogP contribution >= 0.6 is 0 Å². The molecule has 1 unspecified atom stereocenters. The number of methoxy groups -OCH3 is 1.